The maximum atomic E-state index is 2.96. The molecule has 11 heavy (non-hydrogen) atoms. The van der Waals surface area contributed by atoms with Crippen LogP contribution in [0.1, 0.15) is 46.0 Å². The van der Waals surface area contributed by atoms with Crippen LogP contribution in [0.4, 0.5) is 0 Å². The molecular weight excluding hydrogens is 132 g/mol. The van der Waals surface area contributed by atoms with E-state index in [1.165, 1.54) is 32.1 Å². The standard InChI is InChI=1S/C11H19/c1-3-5-7-9-11-10-8-6-4-2/h6,8,10H,3,5,7,9,11H2,1-2H3. The molecule has 0 aromatic rings. The van der Waals surface area contributed by atoms with E-state index in [4.69, 9.17) is 0 Å². The molecule has 0 unspecified atom stereocenters. The van der Waals surface area contributed by atoms with E-state index in [-0.39, 0.29) is 0 Å². The van der Waals surface area contributed by atoms with Crippen LogP contribution in [0.15, 0.2) is 18.2 Å². The molecule has 0 aliphatic rings. The quantitative estimate of drug-likeness (QED) is 0.399. The summed E-state index contributed by atoms with van der Waals surface area (Å²) in [5.74, 6) is 0. The first-order chi connectivity index (χ1) is 5.41. The molecule has 0 aliphatic carbocycles. The Morgan fingerprint density at radius 1 is 1.18 bits per heavy atom. The van der Waals surface area contributed by atoms with Crippen molar-refractivity contribution in [3.8, 4) is 0 Å². The zero-order chi connectivity index (χ0) is 8.36. The maximum Gasteiger partial charge on any atom is -0.0348 e. The van der Waals surface area contributed by atoms with Crippen molar-refractivity contribution in [1.29, 1.82) is 0 Å². The lowest BCUT2D eigenvalue weighted by Gasteiger charge is -1.92. The summed E-state index contributed by atoms with van der Waals surface area (Å²) in [5, 5.41) is 0. The Balaban J connectivity index is 3.01. The van der Waals surface area contributed by atoms with E-state index >= 15 is 0 Å². The number of unbranched alkanes of at least 4 members (excludes halogenated alkanes) is 4. The minimum Gasteiger partial charge on any atom is -0.0845 e. The summed E-state index contributed by atoms with van der Waals surface area (Å²) in [4.78, 5) is 0. The second-order valence-electron chi connectivity index (χ2n) is 2.73. The molecular formula is C11H19. The van der Waals surface area contributed by atoms with Gasteiger partial charge in [-0.2, -0.15) is 0 Å². The van der Waals surface area contributed by atoms with Crippen LogP contribution in [0.25, 0.3) is 0 Å². The summed E-state index contributed by atoms with van der Waals surface area (Å²) < 4.78 is 0. The molecule has 0 saturated carbocycles. The third-order valence-electron chi connectivity index (χ3n) is 1.62. The van der Waals surface area contributed by atoms with Crippen molar-refractivity contribution in [1.82, 2.24) is 0 Å². The maximum absolute atomic E-state index is 2.96. The van der Waals surface area contributed by atoms with Gasteiger partial charge in [0.2, 0.25) is 0 Å². The van der Waals surface area contributed by atoms with E-state index in [1.807, 2.05) is 13.0 Å². The van der Waals surface area contributed by atoms with Gasteiger partial charge in [-0.1, -0.05) is 44.4 Å². The second-order valence-corrected chi connectivity index (χ2v) is 2.73. The summed E-state index contributed by atoms with van der Waals surface area (Å²) in [6.07, 6.45) is 15.8. The number of hydrogen-bond acceptors (Lipinski definition) is 0. The average molecular weight is 151 g/mol. The molecule has 0 aliphatic heterocycles. The van der Waals surface area contributed by atoms with Crippen molar-refractivity contribution in [2.24, 2.45) is 0 Å². The van der Waals surface area contributed by atoms with E-state index in [1.54, 1.807) is 0 Å². The molecule has 0 heteroatoms. The van der Waals surface area contributed by atoms with E-state index in [0.717, 1.165) is 0 Å². The zero-order valence-electron chi connectivity index (χ0n) is 7.77. The average Bonchev–Trinajstić information content (AvgIpc) is 2.03. The Kier molecular flexibility index (Phi) is 9.03. The van der Waals surface area contributed by atoms with Gasteiger partial charge in [0.05, 0.1) is 0 Å². The molecule has 0 saturated heterocycles. The fourth-order valence-corrected chi connectivity index (χ4v) is 0.949. The van der Waals surface area contributed by atoms with Crippen LogP contribution < -0.4 is 0 Å². The van der Waals surface area contributed by atoms with Crippen molar-refractivity contribution in [2.45, 2.75) is 46.0 Å². The fraction of sp³-hybridized carbons (Fsp3) is 0.636. The van der Waals surface area contributed by atoms with Gasteiger partial charge in [0.25, 0.3) is 0 Å². The molecule has 0 fully saturated rings. The first kappa shape index (κ1) is 10.5. The van der Waals surface area contributed by atoms with E-state index in [9.17, 15) is 0 Å². The Morgan fingerprint density at radius 3 is 2.64 bits per heavy atom. The van der Waals surface area contributed by atoms with Crippen molar-refractivity contribution in [3.05, 3.63) is 24.3 Å². The number of hydrogen-bond donors (Lipinski definition) is 0. The van der Waals surface area contributed by atoms with Crippen LogP contribution in [-0.2, 0) is 0 Å². The molecule has 0 atom stereocenters. The Morgan fingerprint density at radius 2 is 2.00 bits per heavy atom. The van der Waals surface area contributed by atoms with Gasteiger partial charge in [-0.05, 0) is 25.8 Å². The molecule has 0 nitrogen and oxygen atoms in total. The van der Waals surface area contributed by atoms with Crippen LogP contribution in [-0.4, -0.2) is 0 Å². The molecule has 0 amide bonds. The van der Waals surface area contributed by atoms with Gasteiger partial charge in [0, 0.05) is 0 Å². The van der Waals surface area contributed by atoms with E-state index < -0.39 is 0 Å². The van der Waals surface area contributed by atoms with E-state index in [2.05, 4.69) is 25.2 Å². The largest absolute Gasteiger partial charge is 0.0845 e. The van der Waals surface area contributed by atoms with Crippen molar-refractivity contribution < 1.29 is 0 Å². The minimum atomic E-state index is 1.22. The van der Waals surface area contributed by atoms with Crippen molar-refractivity contribution in [3.63, 3.8) is 0 Å². The Labute approximate surface area is 71.0 Å². The fourth-order valence-electron chi connectivity index (χ4n) is 0.949. The van der Waals surface area contributed by atoms with Gasteiger partial charge < -0.3 is 0 Å². The lowest BCUT2D eigenvalue weighted by molar-refractivity contribution is 0.674. The summed E-state index contributed by atoms with van der Waals surface area (Å²) in [6, 6.07) is 0. The minimum absolute atomic E-state index is 1.22. The molecule has 0 N–H and O–H groups in total. The van der Waals surface area contributed by atoms with Crippen LogP contribution in [0, 0.1) is 6.08 Å². The summed E-state index contributed by atoms with van der Waals surface area (Å²) in [5.41, 5.74) is 0. The normalized spacial score (nSPS) is 11.8. The van der Waals surface area contributed by atoms with E-state index in [0.29, 0.717) is 0 Å². The summed E-state index contributed by atoms with van der Waals surface area (Å²) in [7, 11) is 0. The van der Waals surface area contributed by atoms with Crippen LogP contribution in [0.5, 0.6) is 0 Å². The molecule has 0 rings (SSSR count). The Bertz CT molecular complexity index is 109. The van der Waals surface area contributed by atoms with Crippen LogP contribution in [0.2, 0.25) is 0 Å². The van der Waals surface area contributed by atoms with Gasteiger partial charge in [-0.3, -0.25) is 0 Å². The lowest BCUT2D eigenvalue weighted by atomic mass is 10.1. The van der Waals surface area contributed by atoms with Gasteiger partial charge in [0.15, 0.2) is 0 Å². The number of allylic oxidation sites excluding steroid dienone is 4. The molecule has 0 heterocycles. The lowest BCUT2D eigenvalue weighted by Crippen LogP contribution is -1.72. The molecule has 0 spiro atoms. The van der Waals surface area contributed by atoms with Gasteiger partial charge >= 0.3 is 0 Å². The molecule has 0 aromatic carbocycles. The van der Waals surface area contributed by atoms with Gasteiger partial charge in [-0.25, -0.2) is 0 Å². The predicted molar refractivity (Wildman–Crippen MR) is 51.4 cm³/mol. The van der Waals surface area contributed by atoms with Gasteiger partial charge in [-0.15, -0.1) is 0 Å². The van der Waals surface area contributed by atoms with Crippen LogP contribution >= 0.6 is 0 Å². The SMILES string of the molecule is C/[C]=C/C=CCCCCCC. The zero-order valence-corrected chi connectivity index (χ0v) is 7.77. The Hall–Kier alpha value is -0.520. The summed E-state index contributed by atoms with van der Waals surface area (Å²) >= 11 is 0. The molecule has 1 radical (unpaired) electrons. The summed E-state index contributed by atoms with van der Waals surface area (Å²) in [6.45, 7) is 4.16. The van der Waals surface area contributed by atoms with Crippen molar-refractivity contribution in [2.75, 3.05) is 0 Å². The topological polar surface area (TPSA) is 0 Å². The first-order valence-corrected chi connectivity index (χ1v) is 4.57. The van der Waals surface area contributed by atoms with Crippen molar-refractivity contribution >= 4 is 0 Å². The van der Waals surface area contributed by atoms with Gasteiger partial charge in [0.1, 0.15) is 0 Å². The second kappa shape index (κ2) is 9.48. The highest BCUT2D eigenvalue weighted by molar-refractivity contribution is 4.97. The third-order valence-corrected chi connectivity index (χ3v) is 1.62. The number of rotatable bonds is 6. The highest BCUT2D eigenvalue weighted by Gasteiger charge is 1.82. The highest BCUT2D eigenvalue weighted by atomic mass is 13.9. The van der Waals surface area contributed by atoms with Crippen LogP contribution in [0.3, 0.4) is 0 Å². The predicted octanol–water partition coefficient (Wildman–Crippen LogP) is 3.89. The smallest absolute Gasteiger partial charge is 0.0348 e. The molecule has 0 aromatic heterocycles. The monoisotopic (exact) mass is 151 g/mol. The molecule has 63 valence electrons. The first-order valence-electron chi connectivity index (χ1n) is 4.57. The molecule has 0 bridgehead atoms. The highest BCUT2D eigenvalue weighted by Crippen LogP contribution is 2.02. The third kappa shape index (κ3) is 9.48.